The second kappa shape index (κ2) is 5.16. The molecule has 0 unspecified atom stereocenters. The van der Waals surface area contributed by atoms with E-state index in [-0.39, 0.29) is 0 Å². The van der Waals surface area contributed by atoms with Crippen molar-refractivity contribution < 1.29 is 19.3 Å². The van der Waals surface area contributed by atoms with Gasteiger partial charge in [-0.1, -0.05) is 12.1 Å². The van der Waals surface area contributed by atoms with Gasteiger partial charge < -0.3 is 19.3 Å². The number of hydrogen-bond acceptors (Lipinski definition) is 4. The van der Waals surface area contributed by atoms with Gasteiger partial charge in [-0.15, -0.1) is 0 Å². The molecule has 1 saturated carbocycles. The normalized spacial score (nSPS) is 16.4. The average molecular weight is 252 g/mol. The van der Waals surface area contributed by atoms with E-state index in [1.807, 2.05) is 12.1 Å². The maximum absolute atomic E-state index is 10.0. The molecule has 0 spiro atoms. The smallest absolute Gasteiger partial charge is 0.166 e. The first-order chi connectivity index (χ1) is 8.63. The summed E-state index contributed by atoms with van der Waals surface area (Å²) in [4.78, 5) is 0. The Kier molecular flexibility index (Phi) is 3.78. The number of hydrogen-bond donors (Lipinski definition) is 1. The van der Waals surface area contributed by atoms with Crippen molar-refractivity contribution in [3.63, 3.8) is 0 Å². The second-order valence-electron chi connectivity index (χ2n) is 4.78. The molecule has 0 bridgehead atoms. The van der Waals surface area contributed by atoms with E-state index < -0.39 is 5.60 Å². The van der Waals surface area contributed by atoms with Gasteiger partial charge in [0.15, 0.2) is 11.5 Å². The summed E-state index contributed by atoms with van der Waals surface area (Å²) in [5, 5.41) is 10.0. The molecule has 0 heterocycles. The Bertz CT molecular complexity index is 424. The van der Waals surface area contributed by atoms with Gasteiger partial charge in [0.25, 0.3) is 0 Å². The molecule has 2 rings (SSSR count). The topological polar surface area (TPSA) is 47.9 Å². The number of aliphatic hydroxyl groups is 1. The van der Waals surface area contributed by atoms with E-state index in [1.165, 1.54) is 0 Å². The third kappa shape index (κ3) is 2.60. The van der Waals surface area contributed by atoms with Crippen LogP contribution >= 0.6 is 0 Å². The summed E-state index contributed by atoms with van der Waals surface area (Å²) in [7, 11) is 4.88. The van der Waals surface area contributed by atoms with Crippen LogP contribution in [-0.4, -0.2) is 32.0 Å². The van der Waals surface area contributed by atoms with Crippen molar-refractivity contribution in [2.24, 2.45) is 0 Å². The second-order valence-corrected chi connectivity index (χ2v) is 4.78. The maximum atomic E-state index is 10.0. The maximum Gasteiger partial charge on any atom is 0.166 e. The summed E-state index contributed by atoms with van der Waals surface area (Å²) in [5.74, 6) is 1.40. The van der Waals surface area contributed by atoms with Crippen LogP contribution in [0.5, 0.6) is 11.5 Å². The first-order valence-electron chi connectivity index (χ1n) is 6.07. The minimum atomic E-state index is -0.541. The molecule has 1 aliphatic carbocycles. The highest BCUT2D eigenvalue weighted by Crippen LogP contribution is 2.43. The van der Waals surface area contributed by atoms with Crippen LogP contribution < -0.4 is 9.47 Å². The van der Waals surface area contributed by atoms with Gasteiger partial charge in [0.05, 0.1) is 26.4 Å². The molecule has 0 atom stereocenters. The molecule has 1 aromatic rings. The van der Waals surface area contributed by atoms with Gasteiger partial charge in [0, 0.05) is 24.7 Å². The van der Waals surface area contributed by atoms with E-state index in [0.29, 0.717) is 24.5 Å². The fourth-order valence-electron chi connectivity index (χ4n) is 2.18. The molecule has 0 aliphatic heterocycles. The average Bonchev–Trinajstić information content (AvgIpc) is 3.08. The van der Waals surface area contributed by atoms with E-state index >= 15 is 0 Å². The third-order valence-electron chi connectivity index (χ3n) is 3.33. The Morgan fingerprint density at radius 2 is 1.61 bits per heavy atom. The molecular weight excluding hydrogens is 232 g/mol. The van der Waals surface area contributed by atoms with Crippen molar-refractivity contribution in [2.75, 3.05) is 21.3 Å². The monoisotopic (exact) mass is 252 g/mol. The number of methoxy groups -OCH3 is 3. The zero-order valence-electron chi connectivity index (χ0n) is 11.2. The molecule has 1 N–H and O–H groups in total. The minimum absolute atomic E-state index is 0.476. The zero-order chi connectivity index (χ0) is 13.2. The predicted molar refractivity (Wildman–Crippen MR) is 68.1 cm³/mol. The first kappa shape index (κ1) is 13.2. The van der Waals surface area contributed by atoms with Gasteiger partial charge in [-0.25, -0.2) is 0 Å². The van der Waals surface area contributed by atoms with E-state index in [9.17, 15) is 5.11 Å². The number of ether oxygens (including phenoxy) is 3. The molecular formula is C14H20O4. The molecule has 0 amide bonds. The molecule has 0 saturated heterocycles. The Labute approximate surface area is 107 Å². The van der Waals surface area contributed by atoms with Crippen LogP contribution in [0, 0.1) is 0 Å². The van der Waals surface area contributed by atoms with Crippen LogP contribution in [0.25, 0.3) is 0 Å². The third-order valence-corrected chi connectivity index (χ3v) is 3.33. The van der Waals surface area contributed by atoms with Gasteiger partial charge >= 0.3 is 0 Å². The van der Waals surface area contributed by atoms with Crippen molar-refractivity contribution >= 4 is 0 Å². The van der Waals surface area contributed by atoms with Crippen LogP contribution in [0.1, 0.15) is 24.0 Å². The lowest BCUT2D eigenvalue weighted by atomic mass is 10.0. The highest BCUT2D eigenvalue weighted by atomic mass is 16.5. The Hall–Kier alpha value is -1.26. The molecule has 4 heteroatoms. The van der Waals surface area contributed by atoms with Crippen LogP contribution in [0.3, 0.4) is 0 Å². The first-order valence-corrected chi connectivity index (χ1v) is 6.07. The largest absolute Gasteiger partial charge is 0.493 e. The molecule has 18 heavy (non-hydrogen) atoms. The molecule has 0 radical (unpaired) electrons. The predicted octanol–water partition coefficient (Wildman–Crippen LogP) is 1.92. The molecule has 4 nitrogen and oxygen atoms in total. The lowest BCUT2D eigenvalue weighted by Gasteiger charge is -2.17. The van der Waals surface area contributed by atoms with Crippen molar-refractivity contribution in [1.82, 2.24) is 0 Å². The Morgan fingerprint density at radius 1 is 1.06 bits per heavy atom. The number of benzene rings is 1. The van der Waals surface area contributed by atoms with Crippen molar-refractivity contribution in [3.8, 4) is 11.5 Å². The Balaban J connectivity index is 2.35. The van der Waals surface area contributed by atoms with Gasteiger partial charge in [-0.3, -0.25) is 0 Å². The minimum Gasteiger partial charge on any atom is -0.493 e. The molecule has 1 aromatic carbocycles. The van der Waals surface area contributed by atoms with Gasteiger partial charge in [0.2, 0.25) is 0 Å². The fourth-order valence-corrected chi connectivity index (χ4v) is 2.18. The summed E-state index contributed by atoms with van der Waals surface area (Å²) in [5.41, 5.74) is 1.39. The quantitative estimate of drug-likeness (QED) is 0.840. The van der Waals surface area contributed by atoms with E-state index in [4.69, 9.17) is 14.2 Å². The lowest BCUT2D eigenvalue weighted by Crippen LogP contribution is -2.12. The van der Waals surface area contributed by atoms with Crippen molar-refractivity contribution in [1.29, 1.82) is 0 Å². The zero-order valence-corrected chi connectivity index (χ0v) is 11.2. The molecule has 1 fully saturated rings. The highest BCUT2D eigenvalue weighted by Gasteiger charge is 2.41. The summed E-state index contributed by atoms with van der Waals surface area (Å²) in [6, 6.07) is 3.94. The molecule has 0 aromatic heterocycles. The van der Waals surface area contributed by atoms with E-state index in [1.54, 1.807) is 21.3 Å². The van der Waals surface area contributed by atoms with Crippen molar-refractivity contribution in [3.05, 3.63) is 23.3 Å². The van der Waals surface area contributed by atoms with Crippen LogP contribution in [0.15, 0.2) is 12.1 Å². The van der Waals surface area contributed by atoms with Crippen LogP contribution in [0.2, 0.25) is 0 Å². The summed E-state index contributed by atoms with van der Waals surface area (Å²) in [6.07, 6.45) is 2.33. The Morgan fingerprint density at radius 3 is 2.11 bits per heavy atom. The highest BCUT2D eigenvalue weighted by molar-refractivity contribution is 5.52. The molecule has 1 aliphatic rings. The standard InChI is InChI=1S/C14H20O4/c1-16-9-11-5-4-10(8-14(15)6-7-14)12(17-2)13(11)18-3/h4-5,15H,6-9H2,1-3H3. The fraction of sp³-hybridized carbons (Fsp3) is 0.571. The summed E-state index contributed by atoms with van der Waals surface area (Å²) >= 11 is 0. The van der Waals surface area contributed by atoms with E-state index in [0.717, 1.165) is 24.0 Å². The lowest BCUT2D eigenvalue weighted by molar-refractivity contribution is 0.149. The van der Waals surface area contributed by atoms with Gasteiger partial charge in [-0.2, -0.15) is 0 Å². The summed E-state index contributed by atoms with van der Waals surface area (Å²) < 4.78 is 16.0. The summed E-state index contributed by atoms with van der Waals surface area (Å²) in [6.45, 7) is 0.476. The van der Waals surface area contributed by atoms with Crippen molar-refractivity contribution in [2.45, 2.75) is 31.5 Å². The van der Waals surface area contributed by atoms with Crippen LogP contribution in [0.4, 0.5) is 0 Å². The SMILES string of the molecule is COCc1ccc(CC2(O)CC2)c(OC)c1OC. The van der Waals surface area contributed by atoms with Gasteiger partial charge in [-0.05, 0) is 12.8 Å². The van der Waals surface area contributed by atoms with Gasteiger partial charge in [0.1, 0.15) is 0 Å². The van der Waals surface area contributed by atoms with E-state index in [2.05, 4.69) is 0 Å². The molecule has 100 valence electrons. The van der Waals surface area contributed by atoms with Crippen LogP contribution in [-0.2, 0) is 17.8 Å². The number of rotatable bonds is 6.